The van der Waals surface area contributed by atoms with Crippen molar-refractivity contribution in [3.63, 3.8) is 0 Å². The Hall–Kier alpha value is -1.96. The molecule has 2 atom stereocenters. The van der Waals surface area contributed by atoms with Gasteiger partial charge in [-0.1, -0.05) is 47.0 Å². The van der Waals surface area contributed by atoms with Crippen LogP contribution >= 0.6 is 0 Å². The van der Waals surface area contributed by atoms with Crippen molar-refractivity contribution in [2.45, 2.75) is 72.3 Å². The van der Waals surface area contributed by atoms with Crippen LogP contribution in [0.5, 0.6) is 0 Å². The van der Waals surface area contributed by atoms with Gasteiger partial charge in [-0.05, 0) is 19.3 Å². The lowest BCUT2D eigenvalue weighted by atomic mass is 9.95. The van der Waals surface area contributed by atoms with Crippen LogP contribution in [-0.4, -0.2) is 58.4 Å². The third-order valence-corrected chi connectivity index (χ3v) is 4.79. The summed E-state index contributed by atoms with van der Waals surface area (Å²) in [6.07, 6.45) is 4.70. The first-order chi connectivity index (χ1) is 12.6. The molecule has 0 unspecified atom stereocenters. The fraction of sp³-hybridized carbons (Fsp3) is 0.789. The lowest BCUT2D eigenvalue weighted by Crippen LogP contribution is -2.52. The Bertz CT molecular complexity index is 544. The summed E-state index contributed by atoms with van der Waals surface area (Å²) in [5.41, 5.74) is -0.701. The van der Waals surface area contributed by atoms with Crippen LogP contribution in [0.15, 0.2) is 0 Å². The number of nitrogens with zero attached hydrogens (tertiary/aromatic N) is 2. The molecule has 27 heavy (non-hydrogen) atoms. The minimum absolute atomic E-state index is 0.0994. The molecule has 0 radical (unpaired) electrons. The molecular weight excluding hydrogens is 350 g/mol. The molecule has 0 spiro atoms. The van der Waals surface area contributed by atoms with Gasteiger partial charge in [0.25, 0.3) is 0 Å². The van der Waals surface area contributed by atoms with Crippen LogP contribution in [0, 0.1) is 11.3 Å². The summed E-state index contributed by atoms with van der Waals surface area (Å²) >= 11 is 0. The van der Waals surface area contributed by atoms with Crippen LogP contribution in [0.2, 0.25) is 0 Å². The van der Waals surface area contributed by atoms with E-state index in [0.717, 1.165) is 19.3 Å². The molecule has 0 aromatic carbocycles. The van der Waals surface area contributed by atoms with Gasteiger partial charge in [-0.15, -0.1) is 0 Å². The molecule has 0 saturated carbocycles. The zero-order valence-corrected chi connectivity index (χ0v) is 16.9. The third-order valence-electron chi connectivity index (χ3n) is 4.79. The van der Waals surface area contributed by atoms with Gasteiger partial charge in [0, 0.05) is 12.0 Å². The molecule has 8 heteroatoms. The van der Waals surface area contributed by atoms with E-state index in [4.69, 9.17) is 0 Å². The molecular formula is C19H33N3O5. The number of amides is 4. The molecule has 1 heterocycles. The van der Waals surface area contributed by atoms with Gasteiger partial charge in [0.2, 0.25) is 24.1 Å². The van der Waals surface area contributed by atoms with E-state index >= 15 is 0 Å². The molecule has 2 N–H and O–H groups in total. The number of hydrogen-bond donors (Lipinski definition) is 2. The second-order valence-electron chi connectivity index (χ2n) is 8.18. The van der Waals surface area contributed by atoms with Crippen LogP contribution in [-0.2, 0) is 19.2 Å². The van der Waals surface area contributed by atoms with Crippen molar-refractivity contribution >= 4 is 24.1 Å². The maximum atomic E-state index is 13.0. The molecule has 4 amide bonds. The number of hydroxylamine groups is 2. The summed E-state index contributed by atoms with van der Waals surface area (Å²) in [5, 5.41) is 12.4. The summed E-state index contributed by atoms with van der Waals surface area (Å²) in [5.74, 6) is -1.68. The Labute approximate surface area is 161 Å². The number of hydrogen-bond acceptors (Lipinski definition) is 5. The number of unbranched alkanes of at least 4 members (excludes halogenated alkanes) is 2. The highest BCUT2D eigenvalue weighted by atomic mass is 16.5. The van der Waals surface area contributed by atoms with Gasteiger partial charge in [-0.3, -0.25) is 29.7 Å². The molecule has 1 aliphatic heterocycles. The maximum Gasteiger partial charge on any atom is 0.249 e. The number of carbonyl (C=O) groups excluding carboxylic acids is 4. The summed E-state index contributed by atoms with van der Waals surface area (Å²) < 4.78 is 0. The van der Waals surface area contributed by atoms with Crippen molar-refractivity contribution < 1.29 is 24.4 Å². The third kappa shape index (κ3) is 6.93. The smallest absolute Gasteiger partial charge is 0.249 e. The van der Waals surface area contributed by atoms with E-state index in [1.165, 1.54) is 4.90 Å². The first-order valence-electron chi connectivity index (χ1n) is 9.68. The Morgan fingerprint density at radius 3 is 2.52 bits per heavy atom. The van der Waals surface area contributed by atoms with Crippen molar-refractivity contribution in [3.8, 4) is 0 Å². The fourth-order valence-electron chi connectivity index (χ4n) is 3.12. The summed E-state index contributed by atoms with van der Waals surface area (Å²) in [4.78, 5) is 49.9. The predicted molar refractivity (Wildman–Crippen MR) is 99.5 cm³/mol. The Kier molecular flexibility index (Phi) is 8.88. The van der Waals surface area contributed by atoms with Crippen LogP contribution < -0.4 is 5.32 Å². The van der Waals surface area contributed by atoms with Crippen molar-refractivity contribution in [1.29, 1.82) is 0 Å². The Morgan fingerprint density at radius 1 is 1.30 bits per heavy atom. The van der Waals surface area contributed by atoms with E-state index < -0.39 is 23.3 Å². The highest BCUT2D eigenvalue weighted by molar-refractivity contribution is 6.01. The number of rotatable bonds is 9. The number of carbonyl (C=O) groups is 4. The van der Waals surface area contributed by atoms with Crippen molar-refractivity contribution in [2.24, 2.45) is 11.3 Å². The highest BCUT2D eigenvalue weighted by Crippen LogP contribution is 2.23. The van der Waals surface area contributed by atoms with Gasteiger partial charge < -0.3 is 4.90 Å². The predicted octanol–water partition coefficient (Wildman–Crippen LogP) is 1.71. The Morgan fingerprint density at radius 2 is 1.96 bits per heavy atom. The quantitative estimate of drug-likeness (QED) is 0.273. The van der Waals surface area contributed by atoms with Crippen LogP contribution in [0.25, 0.3) is 0 Å². The van der Waals surface area contributed by atoms with Crippen molar-refractivity contribution in [3.05, 3.63) is 0 Å². The topological polar surface area (TPSA) is 107 Å². The second-order valence-corrected chi connectivity index (χ2v) is 8.18. The summed E-state index contributed by atoms with van der Waals surface area (Å²) in [6.45, 7) is 7.52. The van der Waals surface area contributed by atoms with Gasteiger partial charge in [-0.2, -0.15) is 0 Å². The normalized spacial score (nSPS) is 18.1. The first-order valence-corrected chi connectivity index (χ1v) is 9.68. The second kappa shape index (κ2) is 10.4. The minimum atomic E-state index is -0.701. The van der Waals surface area contributed by atoms with Crippen LogP contribution in [0.3, 0.4) is 0 Å². The molecule has 1 saturated heterocycles. The largest absolute Gasteiger partial charge is 0.330 e. The molecule has 0 aromatic heterocycles. The van der Waals surface area contributed by atoms with Gasteiger partial charge in [0.1, 0.15) is 6.04 Å². The van der Waals surface area contributed by atoms with E-state index in [-0.39, 0.29) is 24.8 Å². The van der Waals surface area contributed by atoms with E-state index in [0.29, 0.717) is 30.9 Å². The number of imide groups is 1. The van der Waals surface area contributed by atoms with Crippen LogP contribution in [0.1, 0.15) is 66.2 Å². The molecule has 1 fully saturated rings. The molecule has 154 valence electrons. The first kappa shape index (κ1) is 23.1. The van der Waals surface area contributed by atoms with E-state index in [9.17, 15) is 24.4 Å². The number of likely N-dealkylation sites (tertiary alicyclic amines) is 1. The van der Waals surface area contributed by atoms with Crippen LogP contribution in [0.4, 0.5) is 0 Å². The van der Waals surface area contributed by atoms with E-state index in [1.54, 1.807) is 20.8 Å². The maximum absolute atomic E-state index is 13.0. The molecule has 1 aliphatic rings. The average molecular weight is 383 g/mol. The van der Waals surface area contributed by atoms with E-state index in [2.05, 4.69) is 5.32 Å². The van der Waals surface area contributed by atoms with Gasteiger partial charge >= 0.3 is 0 Å². The van der Waals surface area contributed by atoms with Gasteiger partial charge in [0.15, 0.2) is 0 Å². The molecule has 1 rings (SSSR count). The zero-order chi connectivity index (χ0) is 20.6. The summed E-state index contributed by atoms with van der Waals surface area (Å²) in [6, 6.07) is -0.694. The highest BCUT2D eigenvalue weighted by Gasteiger charge is 2.38. The van der Waals surface area contributed by atoms with E-state index in [1.807, 2.05) is 6.92 Å². The molecule has 8 nitrogen and oxygen atoms in total. The fourth-order valence-corrected chi connectivity index (χ4v) is 3.12. The van der Waals surface area contributed by atoms with Crippen molar-refractivity contribution in [2.75, 3.05) is 13.1 Å². The molecule has 0 aromatic rings. The summed E-state index contributed by atoms with van der Waals surface area (Å²) in [7, 11) is 0. The molecule has 0 aliphatic carbocycles. The zero-order valence-electron chi connectivity index (χ0n) is 16.9. The number of nitrogens with one attached hydrogen (secondary N) is 1. The lowest BCUT2D eigenvalue weighted by Gasteiger charge is -2.29. The molecule has 0 bridgehead atoms. The van der Waals surface area contributed by atoms with Gasteiger partial charge in [0.05, 0.1) is 12.5 Å². The minimum Gasteiger partial charge on any atom is -0.330 e. The lowest BCUT2D eigenvalue weighted by molar-refractivity contribution is -0.158. The monoisotopic (exact) mass is 383 g/mol. The SMILES string of the molecule is CCCCC[C@H](CN(O)C=O)C(=O)N1CCC[C@H]1C(=O)NC(=O)C(C)(C)C. The van der Waals surface area contributed by atoms with Gasteiger partial charge in [-0.25, -0.2) is 5.06 Å². The average Bonchev–Trinajstić information content (AvgIpc) is 3.09. The Balaban J connectivity index is 2.84. The van der Waals surface area contributed by atoms with Crippen molar-refractivity contribution in [1.82, 2.24) is 15.3 Å². The standard InChI is InChI=1S/C19H33N3O5/c1-5-6-7-9-14(12-21(27)13-23)17(25)22-11-8-10-15(22)16(24)20-18(26)19(2,3)4/h13-15,27H,5-12H2,1-4H3,(H,20,24,26)/t14-,15+/m1/s1.